The summed E-state index contributed by atoms with van der Waals surface area (Å²) < 4.78 is 17.9. The molecule has 8 heteroatoms. The number of hydrogen-bond donors (Lipinski definition) is 0. The second kappa shape index (κ2) is 9.43. The van der Waals surface area contributed by atoms with Crippen molar-refractivity contribution in [2.75, 3.05) is 5.75 Å². The third-order valence-electron chi connectivity index (χ3n) is 6.88. The monoisotopic (exact) mass is 529 g/mol. The number of thiophene rings is 1. The zero-order valence-corrected chi connectivity index (χ0v) is 22.1. The summed E-state index contributed by atoms with van der Waals surface area (Å²) in [6, 6.07) is 17.8. The van der Waals surface area contributed by atoms with E-state index in [2.05, 4.69) is 0 Å². The molecule has 6 rings (SSSR count). The fourth-order valence-corrected chi connectivity index (χ4v) is 7.38. The molecule has 0 fully saturated rings. The van der Waals surface area contributed by atoms with Crippen LogP contribution in [0.25, 0.3) is 21.6 Å². The number of ketones is 1. The molecular weight excluding hydrogens is 505 g/mol. The van der Waals surface area contributed by atoms with Crippen LogP contribution in [0.1, 0.15) is 38.6 Å². The fourth-order valence-electron chi connectivity index (χ4n) is 5.18. The summed E-state index contributed by atoms with van der Waals surface area (Å²) in [6.45, 7) is 3.69. The van der Waals surface area contributed by atoms with Crippen molar-refractivity contribution >= 4 is 39.1 Å². The number of aryl methyl sites for hydroxylation is 3. The maximum absolute atomic E-state index is 14.5. The van der Waals surface area contributed by atoms with Crippen LogP contribution in [-0.2, 0) is 12.8 Å². The third-order valence-corrected chi connectivity index (χ3v) is 9.00. The summed E-state index contributed by atoms with van der Waals surface area (Å²) in [5.74, 6) is -0.328. The molecule has 0 spiro atoms. The molecule has 3 heterocycles. The minimum atomic E-state index is -0.343. The molecule has 186 valence electrons. The molecule has 5 aromatic rings. The third kappa shape index (κ3) is 4.04. The molecule has 0 bridgehead atoms. The first kappa shape index (κ1) is 23.9. The molecule has 0 amide bonds. The normalized spacial score (nSPS) is 12.8. The maximum atomic E-state index is 14.5. The zero-order chi connectivity index (χ0) is 25.7. The number of hydrogen-bond acceptors (Lipinski definition) is 5. The number of carbonyl (C=O) groups is 1. The van der Waals surface area contributed by atoms with Gasteiger partial charge in [0.15, 0.2) is 10.9 Å². The second-order valence-corrected chi connectivity index (χ2v) is 11.2. The minimum Gasteiger partial charge on any atom is -0.315 e. The first-order valence-electron chi connectivity index (χ1n) is 12.2. The largest absolute Gasteiger partial charge is 0.315 e. The van der Waals surface area contributed by atoms with E-state index in [1.54, 1.807) is 44.7 Å². The van der Waals surface area contributed by atoms with E-state index in [1.165, 1.54) is 22.7 Å². The highest BCUT2D eigenvalue weighted by Crippen LogP contribution is 2.36. The standard InChI is InChI=1S/C29H24FN3O2S2/c1-17-15-21(18(2)32(17)23-13-7-6-12-22(23)30)24(34)16-36-29-31-27-26(20-11-8-14-25(20)37-27)28(35)33(29)19-9-4-3-5-10-19/h3-7,9-10,12-13,15H,8,11,14,16H2,1-2H3. The van der Waals surface area contributed by atoms with Gasteiger partial charge in [-0.25, -0.2) is 9.37 Å². The first-order valence-corrected chi connectivity index (χ1v) is 14.0. The van der Waals surface area contributed by atoms with Gasteiger partial charge in [-0.2, -0.15) is 0 Å². The van der Waals surface area contributed by atoms with Crippen molar-refractivity contribution in [2.24, 2.45) is 0 Å². The quantitative estimate of drug-likeness (QED) is 0.144. The van der Waals surface area contributed by atoms with Gasteiger partial charge in [-0.3, -0.25) is 14.2 Å². The lowest BCUT2D eigenvalue weighted by Crippen LogP contribution is -2.22. The smallest absolute Gasteiger partial charge is 0.267 e. The molecule has 37 heavy (non-hydrogen) atoms. The van der Waals surface area contributed by atoms with E-state index in [4.69, 9.17) is 4.98 Å². The van der Waals surface area contributed by atoms with E-state index >= 15 is 0 Å². The van der Waals surface area contributed by atoms with Crippen molar-refractivity contribution < 1.29 is 9.18 Å². The Kier molecular flexibility index (Phi) is 6.09. The van der Waals surface area contributed by atoms with Crippen molar-refractivity contribution in [3.63, 3.8) is 0 Å². The molecular formula is C29H24FN3O2S2. The van der Waals surface area contributed by atoms with Gasteiger partial charge in [-0.05, 0) is 69.0 Å². The van der Waals surface area contributed by atoms with E-state index in [-0.39, 0.29) is 22.9 Å². The van der Waals surface area contributed by atoms with Crippen LogP contribution in [0.3, 0.4) is 0 Å². The van der Waals surface area contributed by atoms with Crippen LogP contribution in [0.15, 0.2) is 70.6 Å². The number of Topliss-reactive ketones (excluding diaryl/α,β-unsaturated/α-hetero) is 1. The molecule has 0 N–H and O–H groups in total. The molecule has 0 unspecified atom stereocenters. The highest BCUT2D eigenvalue weighted by Gasteiger charge is 2.25. The number of thioether (sulfide) groups is 1. The number of fused-ring (bicyclic) bond motifs is 3. The summed E-state index contributed by atoms with van der Waals surface area (Å²) in [5, 5.41) is 1.21. The Morgan fingerprint density at radius 3 is 2.59 bits per heavy atom. The molecule has 0 radical (unpaired) electrons. The van der Waals surface area contributed by atoms with Crippen LogP contribution in [0.4, 0.5) is 4.39 Å². The number of nitrogens with zero attached hydrogens (tertiary/aromatic N) is 3. The fraction of sp³-hybridized carbons (Fsp3) is 0.207. The van der Waals surface area contributed by atoms with Crippen molar-refractivity contribution in [3.05, 3.63) is 104 Å². The Balaban J connectivity index is 1.38. The lowest BCUT2D eigenvalue weighted by Gasteiger charge is -2.12. The Labute approximate surface area is 221 Å². The average Bonchev–Trinajstić information content (AvgIpc) is 3.56. The number of para-hydroxylation sites is 2. The number of aromatic nitrogens is 3. The molecule has 0 atom stereocenters. The molecule has 1 aliphatic carbocycles. The van der Waals surface area contributed by atoms with Gasteiger partial charge in [0.05, 0.1) is 22.5 Å². The van der Waals surface area contributed by atoms with Gasteiger partial charge in [-0.1, -0.05) is 42.1 Å². The van der Waals surface area contributed by atoms with Crippen LogP contribution < -0.4 is 5.56 Å². The average molecular weight is 530 g/mol. The van der Waals surface area contributed by atoms with E-state index in [0.29, 0.717) is 27.5 Å². The number of benzene rings is 2. The topological polar surface area (TPSA) is 56.9 Å². The highest BCUT2D eigenvalue weighted by atomic mass is 32.2. The van der Waals surface area contributed by atoms with E-state index in [9.17, 15) is 14.0 Å². The molecule has 5 nitrogen and oxygen atoms in total. The van der Waals surface area contributed by atoms with E-state index < -0.39 is 0 Å². The lowest BCUT2D eigenvalue weighted by molar-refractivity contribution is 0.102. The van der Waals surface area contributed by atoms with Crippen LogP contribution in [0.5, 0.6) is 0 Å². The Morgan fingerprint density at radius 1 is 1.05 bits per heavy atom. The van der Waals surface area contributed by atoms with Gasteiger partial charge >= 0.3 is 0 Å². The predicted octanol–water partition coefficient (Wildman–Crippen LogP) is 6.46. The van der Waals surface area contributed by atoms with Crippen LogP contribution >= 0.6 is 23.1 Å². The maximum Gasteiger partial charge on any atom is 0.267 e. The number of carbonyl (C=O) groups excluding carboxylic acids is 1. The Bertz CT molecular complexity index is 1730. The van der Waals surface area contributed by atoms with Gasteiger partial charge in [0.1, 0.15) is 10.6 Å². The molecule has 0 saturated heterocycles. The Hall–Kier alpha value is -3.49. The molecule has 0 aliphatic heterocycles. The molecule has 3 aromatic heterocycles. The van der Waals surface area contributed by atoms with Crippen molar-refractivity contribution in [3.8, 4) is 11.4 Å². The van der Waals surface area contributed by atoms with E-state index in [1.807, 2.05) is 44.2 Å². The van der Waals surface area contributed by atoms with Gasteiger partial charge in [0, 0.05) is 21.8 Å². The molecule has 2 aromatic carbocycles. The summed E-state index contributed by atoms with van der Waals surface area (Å²) in [5.41, 5.74) is 4.21. The second-order valence-electron chi connectivity index (χ2n) is 9.19. The molecule has 1 aliphatic rings. The lowest BCUT2D eigenvalue weighted by atomic mass is 10.2. The van der Waals surface area contributed by atoms with Gasteiger partial charge < -0.3 is 4.57 Å². The minimum absolute atomic E-state index is 0.0803. The van der Waals surface area contributed by atoms with Gasteiger partial charge in [-0.15, -0.1) is 11.3 Å². The van der Waals surface area contributed by atoms with Crippen molar-refractivity contribution in [1.82, 2.24) is 14.1 Å². The van der Waals surface area contributed by atoms with Crippen LogP contribution in [0, 0.1) is 19.7 Å². The van der Waals surface area contributed by atoms with Crippen molar-refractivity contribution in [2.45, 2.75) is 38.3 Å². The summed E-state index contributed by atoms with van der Waals surface area (Å²) in [4.78, 5) is 34.0. The molecule has 0 saturated carbocycles. The SMILES string of the molecule is Cc1cc(C(=O)CSc2nc3sc4c(c3c(=O)n2-c2ccccc2)CCC4)c(C)n1-c1ccccc1F. The highest BCUT2D eigenvalue weighted by molar-refractivity contribution is 7.99. The van der Waals surface area contributed by atoms with Crippen LogP contribution in [-0.4, -0.2) is 25.7 Å². The van der Waals surface area contributed by atoms with Crippen LogP contribution in [0.2, 0.25) is 0 Å². The Morgan fingerprint density at radius 2 is 1.81 bits per heavy atom. The predicted molar refractivity (Wildman–Crippen MR) is 147 cm³/mol. The first-order chi connectivity index (χ1) is 17.9. The van der Waals surface area contributed by atoms with Gasteiger partial charge in [0.2, 0.25) is 0 Å². The summed E-state index contributed by atoms with van der Waals surface area (Å²) >= 11 is 2.86. The summed E-state index contributed by atoms with van der Waals surface area (Å²) in [6.07, 6.45) is 2.96. The number of halogens is 1. The zero-order valence-electron chi connectivity index (χ0n) is 20.5. The number of rotatable bonds is 6. The van der Waals surface area contributed by atoms with E-state index in [0.717, 1.165) is 41.0 Å². The summed E-state index contributed by atoms with van der Waals surface area (Å²) in [7, 11) is 0. The van der Waals surface area contributed by atoms with Crippen molar-refractivity contribution in [1.29, 1.82) is 0 Å². The van der Waals surface area contributed by atoms with Gasteiger partial charge in [0.25, 0.3) is 5.56 Å².